The summed E-state index contributed by atoms with van der Waals surface area (Å²) in [4.78, 5) is 0. The van der Waals surface area contributed by atoms with Crippen LogP contribution in [0.2, 0.25) is 0 Å². The van der Waals surface area contributed by atoms with Crippen molar-refractivity contribution in [1.29, 1.82) is 0 Å². The van der Waals surface area contributed by atoms with E-state index in [1.54, 1.807) is 0 Å². The predicted octanol–water partition coefficient (Wildman–Crippen LogP) is 2.41. The van der Waals surface area contributed by atoms with Crippen LogP contribution >= 0.6 is 8.58 Å². The van der Waals surface area contributed by atoms with Gasteiger partial charge in [0.05, 0.1) is 0 Å². The third kappa shape index (κ3) is 2.47. The van der Waals surface area contributed by atoms with Gasteiger partial charge in [0.1, 0.15) is 0 Å². The van der Waals surface area contributed by atoms with Crippen LogP contribution in [0.25, 0.3) is 0 Å². The van der Waals surface area contributed by atoms with Crippen molar-refractivity contribution >= 4 is 8.58 Å². The first-order valence-corrected chi connectivity index (χ1v) is 4.77. The largest absolute Gasteiger partial charge is 0.122 e. The molecule has 0 aromatic carbocycles. The molecule has 0 N–H and O–H groups in total. The fraction of sp³-hybridized carbons (Fsp3) is 0.714. The van der Waals surface area contributed by atoms with E-state index in [4.69, 9.17) is 0 Å². The second-order valence-electron chi connectivity index (χ2n) is 2.15. The lowest BCUT2D eigenvalue weighted by atomic mass is 10.3. The summed E-state index contributed by atoms with van der Waals surface area (Å²) in [5, 5.41) is 0. The minimum Gasteiger partial charge on any atom is -0.122 e. The van der Waals surface area contributed by atoms with Gasteiger partial charge in [0.2, 0.25) is 0 Å². The number of rotatable bonds is 0. The summed E-state index contributed by atoms with van der Waals surface area (Å²) in [7, 11) is 1.24. The molecule has 1 rings (SSSR count). The zero-order valence-electron chi connectivity index (χ0n) is 5.19. The van der Waals surface area contributed by atoms with Gasteiger partial charge in [0.25, 0.3) is 0 Å². The molecule has 0 aromatic rings. The molecule has 1 atom stereocenters. The second-order valence-corrected chi connectivity index (χ2v) is 3.65. The normalized spacial score (nSPS) is 25.0. The predicted molar refractivity (Wildman–Crippen MR) is 41.0 cm³/mol. The van der Waals surface area contributed by atoms with Gasteiger partial charge >= 0.3 is 0 Å². The van der Waals surface area contributed by atoms with Crippen molar-refractivity contribution in [1.82, 2.24) is 0 Å². The zero-order valence-corrected chi connectivity index (χ0v) is 6.19. The molecule has 0 radical (unpaired) electrons. The molecule has 46 valence electrons. The summed E-state index contributed by atoms with van der Waals surface area (Å²) < 4.78 is 0. The van der Waals surface area contributed by atoms with Gasteiger partial charge in [-0.05, 0) is 31.6 Å². The van der Waals surface area contributed by atoms with E-state index in [1.807, 2.05) is 0 Å². The van der Waals surface area contributed by atoms with Crippen LogP contribution in [0, 0.1) is 0 Å². The average Bonchev–Trinajstić information content (AvgIpc) is 1.62. The highest BCUT2D eigenvalue weighted by Gasteiger charge is 1.89. The molecular formula is C7H13P. The summed E-state index contributed by atoms with van der Waals surface area (Å²) in [6, 6.07) is 0. The van der Waals surface area contributed by atoms with Gasteiger partial charge in [-0.15, -0.1) is 8.58 Å². The Morgan fingerprint density at radius 3 is 2.88 bits per heavy atom. The molecule has 1 aliphatic heterocycles. The summed E-state index contributed by atoms with van der Waals surface area (Å²) >= 11 is 0. The molecule has 0 spiro atoms. The molecule has 1 heterocycles. The minimum absolute atomic E-state index is 1.24. The Kier molecular flexibility index (Phi) is 3.22. The molecule has 0 aromatic heterocycles. The fourth-order valence-electron chi connectivity index (χ4n) is 0.891. The van der Waals surface area contributed by atoms with Crippen LogP contribution < -0.4 is 0 Å². The van der Waals surface area contributed by atoms with Gasteiger partial charge in [-0.2, -0.15) is 0 Å². The van der Waals surface area contributed by atoms with Crippen LogP contribution in [-0.2, 0) is 0 Å². The van der Waals surface area contributed by atoms with Crippen LogP contribution in [0.15, 0.2) is 12.2 Å². The Hall–Kier alpha value is 0.170. The lowest BCUT2D eigenvalue weighted by Gasteiger charge is -2.00. The first kappa shape index (κ1) is 6.29. The molecule has 0 fully saturated rings. The van der Waals surface area contributed by atoms with Gasteiger partial charge in [-0.25, -0.2) is 0 Å². The first-order chi connectivity index (χ1) is 4.00. The maximum Gasteiger partial charge on any atom is -0.0314 e. The molecule has 1 unspecified atom stereocenters. The van der Waals surface area contributed by atoms with Crippen molar-refractivity contribution in [2.24, 2.45) is 0 Å². The van der Waals surface area contributed by atoms with Crippen molar-refractivity contribution in [3.05, 3.63) is 12.2 Å². The van der Waals surface area contributed by atoms with Crippen LogP contribution in [0.4, 0.5) is 0 Å². The zero-order chi connectivity index (χ0) is 5.66. The Morgan fingerprint density at radius 2 is 1.88 bits per heavy atom. The summed E-state index contributed by atoms with van der Waals surface area (Å²) in [6.45, 7) is 0. The van der Waals surface area contributed by atoms with Gasteiger partial charge in [0, 0.05) is 0 Å². The van der Waals surface area contributed by atoms with Crippen molar-refractivity contribution < 1.29 is 0 Å². The fourth-order valence-corrected chi connectivity index (χ4v) is 1.97. The highest BCUT2D eigenvalue weighted by atomic mass is 31.1. The van der Waals surface area contributed by atoms with Crippen molar-refractivity contribution in [3.8, 4) is 0 Å². The number of allylic oxidation sites excluding steroid dienone is 2. The number of hydrogen-bond acceptors (Lipinski definition) is 0. The minimum atomic E-state index is 1.24. The van der Waals surface area contributed by atoms with E-state index >= 15 is 0 Å². The van der Waals surface area contributed by atoms with Crippen LogP contribution in [0.3, 0.4) is 0 Å². The molecule has 0 amide bonds. The van der Waals surface area contributed by atoms with Gasteiger partial charge in [-0.3, -0.25) is 0 Å². The van der Waals surface area contributed by atoms with Crippen molar-refractivity contribution in [3.63, 3.8) is 0 Å². The standard InChI is InChI=1S/C7H13P/c1-2-4-6-8-7-5-3-1/h1-2,8H,3-7H2. The Labute approximate surface area is 53.1 Å². The Morgan fingerprint density at radius 1 is 1.00 bits per heavy atom. The summed E-state index contributed by atoms with van der Waals surface area (Å²) in [5.41, 5.74) is 0. The summed E-state index contributed by atoms with van der Waals surface area (Å²) in [5.74, 6) is 0. The molecule has 0 saturated heterocycles. The van der Waals surface area contributed by atoms with E-state index < -0.39 is 0 Å². The van der Waals surface area contributed by atoms with Crippen LogP contribution in [0.5, 0.6) is 0 Å². The molecule has 0 saturated carbocycles. The highest BCUT2D eigenvalue weighted by molar-refractivity contribution is 7.37. The summed E-state index contributed by atoms with van der Waals surface area (Å²) in [6.07, 6.45) is 11.6. The topological polar surface area (TPSA) is 0 Å². The van der Waals surface area contributed by atoms with Gasteiger partial charge in [-0.1, -0.05) is 12.2 Å². The van der Waals surface area contributed by atoms with Crippen molar-refractivity contribution in [2.75, 3.05) is 12.3 Å². The molecule has 0 bridgehead atoms. The highest BCUT2D eigenvalue weighted by Crippen LogP contribution is 2.16. The van der Waals surface area contributed by atoms with E-state index in [1.165, 1.54) is 40.2 Å². The molecule has 1 aliphatic rings. The maximum absolute atomic E-state index is 2.33. The molecule has 0 aliphatic carbocycles. The van der Waals surface area contributed by atoms with Gasteiger partial charge < -0.3 is 0 Å². The van der Waals surface area contributed by atoms with E-state index in [-0.39, 0.29) is 0 Å². The molecule has 8 heavy (non-hydrogen) atoms. The van der Waals surface area contributed by atoms with E-state index in [0.29, 0.717) is 0 Å². The maximum atomic E-state index is 2.33. The average molecular weight is 128 g/mol. The lowest BCUT2D eigenvalue weighted by Crippen LogP contribution is -1.82. The molecule has 1 heteroatoms. The van der Waals surface area contributed by atoms with Gasteiger partial charge in [0.15, 0.2) is 0 Å². The monoisotopic (exact) mass is 128 g/mol. The number of hydrogen-bond donors (Lipinski definition) is 0. The molecule has 0 nitrogen and oxygen atoms in total. The quantitative estimate of drug-likeness (QED) is 0.347. The third-order valence-electron chi connectivity index (χ3n) is 1.38. The second kappa shape index (κ2) is 4.09. The molecular weight excluding hydrogens is 115 g/mol. The lowest BCUT2D eigenvalue weighted by molar-refractivity contribution is 0.949. The smallest absolute Gasteiger partial charge is 0.0314 e. The van der Waals surface area contributed by atoms with Crippen molar-refractivity contribution in [2.45, 2.75) is 19.3 Å². The van der Waals surface area contributed by atoms with E-state index in [2.05, 4.69) is 12.2 Å². The SMILES string of the molecule is C1=CCCPCCC1. The first-order valence-electron chi connectivity index (χ1n) is 3.36. The Bertz CT molecular complexity index is 66.5. The Balaban J connectivity index is 2.17. The van der Waals surface area contributed by atoms with E-state index in [9.17, 15) is 0 Å². The third-order valence-corrected chi connectivity index (χ3v) is 2.73. The van der Waals surface area contributed by atoms with E-state index in [0.717, 1.165) is 0 Å². The van der Waals surface area contributed by atoms with Crippen LogP contribution in [0.1, 0.15) is 19.3 Å². The van der Waals surface area contributed by atoms with Crippen LogP contribution in [-0.4, -0.2) is 12.3 Å².